The van der Waals surface area contributed by atoms with Crippen LogP contribution in [0.2, 0.25) is 0 Å². The summed E-state index contributed by atoms with van der Waals surface area (Å²) in [5.41, 5.74) is 1.98. The summed E-state index contributed by atoms with van der Waals surface area (Å²) >= 11 is 0. The molecule has 0 unspecified atom stereocenters. The van der Waals surface area contributed by atoms with Crippen LogP contribution in [-0.4, -0.2) is 19.6 Å². The highest BCUT2D eigenvalue weighted by Crippen LogP contribution is 2.24. The molecule has 152 valence electrons. The predicted molar refractivity (Wildman–Crippen MR) is 115 cm³/mol. The molecule has 29 heavy (non-hydrogen) atoms. The first-order valence-electron chi connectivity index (χ1n) is 9.83. The maximum Gasteiger partial charge on any atom is 0.241 e. The summed E-state index contributed by atoms with van der Waals surface area (Å²) in [6, 6.07) is 21.4. The number of para-hydroxylation sites is 1. The average molecular weight is 392 g/mol. The van der Waals surface area contributed by atoms with Crippen LogP contribution < -0.4 is 15.0 Å². The molecule has 0 spiro atoms. The van der Waals surface area contributed by atoms with Crippen LogP contribution in [0.5, 0.6) is 5.75 Å². The van der Waals surface area contributed by atoms with Gasteiger partial charge in [0.1, 0.15) is 11.5 Å². The Bertz CT molecular complexity index is 874. The summed E-state index contributed by atoms with van der Waals surface area (Å²) in [5.74, 6) is 1.89. The van der Waals surface area contributed by atoms with E-state index in [1.807, 2.05) is 66.7 Å². The van der Waals surface area contributed by atoms with Crippen LogP contribution in [0, 0.1) is 5.92 Å². The minimum Gasteiger partial charge on any atom is -0.497 e. The topological polar surface area (TPSA) is 54.7 Å². The van der Waals surface area contributed by atoms with Crippen molar-refractivity contribution in [1.82, 2.24) is 5.32 Å². The molecule has 1 heterocycles. The van der Waals surface area contributed by atoms with Gasteiger partial charge in [0, 0.05) is 11.7 Å². The first-order valence-corrected chi connectivity index (χ1v) is 9.83. The highest BCUT2D eigenvalue weighted by molar-refractivity contribution is 5.94. The molecule has 1 N–H and O–H groups in total. The van der Waals surface area contributed by atoms with E-state index in [0.717, 1.165) is 22.8 Å². The smallest absolute Gasteiger partial charge is 0.241 e. The number of nitrogens with zero attached hydrogens (tertiary/aromatic N) is 1. The van der Waals surface area contributed by atoms with Gasteiger partial charge in [-0.05, 0) is 47.9 Å². The molecule has 3 rings (SSSR count). The zero-order chi connectivity index (χ0) is 20.6. The van der Waals surface area contributed by atoms with Gasteiger partial charge in [0.2, 0.25) is 5.91 Å². The number of carbonyl (C=O) groups is 1. The molecule has 0 fully saturated rings. The molecular weight excluding hydrogens is 364 g/mol. The van der Waals surface area contributed by atoms with E-state index in [1.54, 1.807) is 18.3 Å². The summed E-state index contributed by atoms with van der Waals surface area (Å²) in [6.45, 7) is 4.91. The van der Waals surface area contributed by atoms with Gasteiger partial charge >= 0.3 is 0 Å². The van der Waals surface area contributed by atoms with Gasteiger partial charge in [-0.15, -0.1) is 0 Å². The van der Waals surface area contributed by atoms with Gasteiger partial charge in [-0.3, -0.25) is 4.79 Å². The van der Waals surface area contributed by atoms with Crippen LogP contribution in [-0.2, 0) is 11.3 Å². The fourth-order valence-corrected chi connectivity index (χ4v) is 3.33. The fraction of sp³-hybridized carbons (Fsp3) is 0.292. The van der Waals surface area contributed by atoms with Crippen LogP contribution in [0.4, 0.5) is 5.69 Å². The van der Waals surface area contributed by atoms with Gasteiger partial charge in [0.15, 0.2) is 0 Å². The van der Waals surface area contributed by atoms with Gasteiger partial charge < -0.3 is 19.4 Å². The van der Waals surface area contributed by atoms with E-state index >= 15 is 0 Å². The third-order valence-electron chi connectivity index (χ3n) is 4.88. The van der Waals surface area contributed by atoms with Crippen molar-refractivity contribution in [1.29, 1.82) is 0 Å². The van der Waals surface area contributed by atoms with Gasteiger partial charge in [-0.25, -0.2) is 0 Å². The van der Waals surface area contributed by atoms with E-state index in [0.29, 0.717) is 12.5 Å². The van der Waals surface area contributed by atoms with Crippen LogP contribution in [0.1, 0.15) is 31.2 Å². The standard InChI is InChI=1S/C24H28N2O3/c1-18(2)24(19-11-13-21(28-3)14-12-19)25-16-23(27)26(17-22-10-7-15-29-22)20-8-5-4-6-9-20/h4-15,18,24-25H,16-17H2,1-3H3/t24-/m1/s1. The molecule has 5 nitrogen and oxygen atoms in total. The van der Waals surface area contributed by atoms with Crippen LogP contribution in [0.15, 0.2) is 77.4 Å². The number of ether oxygens (including phenoxy) is 1. The average Bonchev–Trinajstić information content (AvgIpc) is 3.26. The summed E-state index contributed by atoms with van der Waals surface area (Å²) in [4.78, 5) is 14.9. The second-order valence-electron chi connectivity index (χ2n) is 7.27. The fourth-order valence-electron chi connectivity index (χ4n) is 3.33. The number of furan rings is 1. The van der Waals surface area contributed by atoms with E-state index in [2.05, 4.69) is 19.2 Å². The Morgan fingerprint density at radius 2 is 1.76 bits per heavy atom. The Morgan fingerprint density at radius 3 is 2.34 bits per heavy atom. The number of anilines is 1. The van der Waals surface area contributed by atoms with Crippen molar-refractivity contribution in [2.24, 2.45) is 5.92 Å². The number of rotatable bonds is 9. The summed E-state index contributed by atoms with van der Waals surface area (Å²) in [5, 5.41) is 3.44. The molecule has 5 heteroatoms. The highest BCUT2D eigenvalue weighted by atomic mass is 16.5. The zero-order valence-corrected chi connectivity index (χ0v) is 17.2. The van der Waals surface area contributed by atoms with Crippen molar-refractivity contribution < 1.29 is 13.9 Å². The number of carbonyl (C=O) groups excluding carboxylic acids is 1. The first-order chi connectivity index (χ1) is 14.1. The number of nitrogens with one attached hydrogen (secondary N) is 1. The summed E-state index contributed by atoms with van der Waals surface area (Å²) in [7, 11) is 1.66. The van der Waals surface area contributed by atoms with Crippen molar-refractivity contribution in [3.63, 3.8) is 0 Å². The molecule has 0 aliphatic rings. The Hall–Kier alpha value is -3.05. The molecule has 1 atom stereocenters. The van der Waals surface area contributed by atoms with E-state index in [1.165, 1.54) is 0 Å². The van der Waals surface area contributed by atoms with Crippen molar-refractivity contribution in [2.75, 3.05) is 18.6 Å². The molecular formula is C24H28N2O3. The minimum absolute atomic E-state index is 0.00763. The molecule has 1 aromatic heterocycles. The summed E-state index contributed by atoms with van der Waals surface area (Å²) < 4.78 is 10.7. The lowest BCUT2D eigenvalue weighted by molar-refractivity contribution is -0.118. The van der Waals surface area contributed by atoms with Crippen LogP contribution in [0.25, 0.3) is 0 Å². The first kappa shape index (κ1) is 20.7. The lowest BCUT2D eigenvalue weighted by Gasteiger charge is -2.26. The largest absolute Gasteiger partial charge is 0.497 e. The quantitative estimate of drug-likeness (QED) is 0.568. The van der Waals surface area contributed by atoms with Gasteiger partial charge in [0.05, 0.1) is 26.5 Å². The number of hydrogen-bond donors (Lipinski definition) is 1. The second-order valence-corrected chi connectivity index (χ2v) is 7.27. The number of methoxy groups -OCH3 is 1. The SMILES string of the molecule is COc1ccc([C@H](NCC(=O)N(Cc2ccco2)c2ccccc2)C(C)C)cc1. The lowest BCUT2D eigenvalue weighted by Crippen LogP contribution is -2.40. The number of amides is 1. The van der Waals surface area contributed by atoms with E-state index in [9.17, 15) is 4.79 Å². The molecule has 0 bridgehead atoms. The van der Waals surface area contributed by atoms with Crippen molar-refractivity contribution >= 4 is 11.6 Å². The van der Waals surface area contributed by atoms with Gasteiger partial charge in [-0.1, -0.05) is 44.2 Å². The Morgan fingerprint density at radius 1 is 1.03 bits per heavy atom. The second kappa shape index (κ2) is 9.94. The van der Waals surface area contributed by atoms with Crippen molar-refractivity contribution in [3.8, 4) is 5.75 Å². The third kappa shape index (κ3) is 5.48. The molecule has 0 saturated heterocycles. The van der Waals surface area contributed by atoms with Crippen molar-refractivity contribution in [2.45, 2.75) is 26.4 Å². The number of hydrogen-bond acceptors (Lipinski definition) is 4. The molecule has 0 radical (unpaired) electrons. The lowest BCUT2D eigenvalue weighted by atomic mass is 9.96. The Labute approximate surface area is 172 Å². The molecule has 3 aromatic rings. The predicted octanol–water partition coefficient (Wildman–Crippen LogP) is 4.81. The van der Waals surface area contributed by atoms with Crippen LogP contribution >= 0.6 is 0 Å². The number of benzene rings is 2. The maximum atomic E-state index is 13.1. The summed E-state index contributed by atoms with van der Waals surface area (Å²) in [6.07, 6.45) is 1.62. The van der Waals surface area contributed by atoms with Gasteiger partial charge in [0.25, 0.3) is 0 Å². The van der Waals surface area contributed by atoms with Gasteiger partial charge in [-0.2, -0.15) is 0 Å². The minimum atomic E-state index is -0.00763. The Kier molecular flexibility index (Phi) is 7.09. The van der Waals surface area contributed by atoms with E-state index in [4.69, 9.17) is 9.15 Å². The maximum absolute atomic E-state index is 13.1. The highest BCUT2D eigenvalue weighted by Gasteiger charge is 2.21. The van der Waals surface area contributed by atoms with E-state index in [-0.39, 0.29) is 18.5 Å². The molecule has 2 aromatic carbocycles. The zero-order valence-electron chi connectivity index (χ0n) is 17.2. The molecule has 0 aliphatic heterocycles. The Balaban J connectivity index is 1.73. The normalized spacial score (nSPS) is 12.0. The molecule has 0 aliphatic carbocycles. The van der Waals surface area contributed by atoms with Crippen molar-refractivity contribution in [3.05, 3.63) is 84.3 Å². The monoisotopic (exact) mass is 392 g/mol. The van der Waals surface area contributed by atoms with Crippen LogP contribution in [0.3, 0.4) is 0 Å². The molecule has 0 saturated carbocycles. The molecule has 1 amide bonds. The van der Waals surface area contributed by atoms with E-state index < -0.39 is 0 Å². The third-order valence-corrected chi connectivity index (χ3v) is 4.88.